The minimum Gasteiger partial charge on any atom is -0.354 e. The van der Waals surface area contributed by atoms with Crippen LogP contribution in [-0.2, 0) is 0 Å². The first kappa shape index (κ1) is 21.9. The average molecular weight is 474 g/mol. The molecule has 0 radical (unpaired) electrons. The summed E-state index contributed by atoms with van der Waals surface area (Å²) in [6, 6.07) is 10.0. The van der Waals surface area contributed by atoms with Crippen molar-refractivity contribution in [2.45, 2.75) is 20.3 Å². The monoisotopic (exact) mass is 473 g/mol. The van der Waals surface area contributed by atoms with Gasteiger partial charge in [0.15, 0.2) is 11.1 Å². The van der Waals surface area contributed by atoms with Gasteiger partial charge >= 0.3 is 0 Å². The highest BCUT2D eigenvalue weighted by molar-refractivity contribution is 8.14. The summed E-state index contributed by atoms with van der Waals surface area (Å²) < 4.78 is 8.39. The minimum absolute atomic E-state index is 0.622. The van der Waals surface area contributed by atoms with Crippen LogP contribution in [0.25, 0.3) is 11.0 Å². The second kappa shape index (κ2) is 10.3. The molecule has 0 spiro atoms. The van der Waals surface area contributed by atoms with Gasteiger partial charge in [0.2, 0.25) is 0 Å². The van der Waals surface area contributed by atoms with Crippen molar-refractivity contribution in [1.29, 1.82) is 0 Å². The Labute approximate surface area is 195 Å². The zero-order valence-electron chi connectivity index (χ0n) is 17.4. The maximum atomic E-state index is 6.13. The van der Waals surface area contributed by atoms with Gasteiger partial charge in [0.25, 0.3) is 0 Å². The smallest absolute Gasteiger partial charge is 0.196 e. The first-order chi connectivity index (χ1) is 15.1. The van der Waals surface area contributed by atoms with E-state index < -0.39 is 0 Å². The number of aromatic nitrogens is 2. The first-order valence-corrected chi connectivity index (χ1v) is 12.2. The summed E-state index contributed by atoms with van der Waals surface area (Å²) in [6.45, 7) is 6.85. The SMILES string of the molecule is Cc1cccc(C)c1NC1=NCCCS1.Clc1ccc2nsnc2c1NC1=NCCN1. The van der Waals surface area contributed by atoms with Crippen LogP contribution < -0.4 is 16.0 Å². The number of para-hydroxylation sites is 1. The van der Waals surface area contributed by atoms with E-state index >= 15 is 0 Å². The fraction of sp³-hybridized carbons (Fsp3) is 0.333. The largest absolute Gasteiger partial charge is 0.354 e. The van der Waals surface area contributed by atoms with E-state index in [1.807, 2.05) is 23.9 Å². The van der Waals surface area contributed by atoms with E-state index in [0.29, 0.717) is 5.02 Å². The van der Waals surface area contributed by atoms with Crippen molar-refractivity contribution in [3.8, 4) is 0 Å². The lowest BCUT2D eigenvalue weighted by molar-refractivity contribution is 0.938. The molecule has 1 aromatic heterocycles. The molecule has 0 unspecified atom stereocenters. The molecule has 0 amide bonds. The predicted octanol–water partition coefficient (Wildman–Crippen LogP) is 4.92. The van der Waals surface area contributed by atoms with Crippen molar-refractivity contribution >= 4 is 68.6 Å². The van der Waals surface area contributed by atoms with Crippen LogP contribution in [0.3, 0.4) is 0 Å². The van der Waals surface area contributed by atoms with Crippen LogP contribution in [-0.4, -0.2) is 45.3 Å². The normalized spacial score (nSPS) is 15.5. The van der Waals surface area contributed by atoms with Gasteiger partial charge in [-0.1, -0.05) is 41.6 Å². The second-order valence-corrected chi connectivity index (χ2v) is 9.14. The Bertz CT molecular complexity index is 1110. The van der Waals surface area contributed by atoms with Crippen LogP contribution in [0, 0.1) is 13.8 Å². The van der Waals surface area contributed by atoms with Crippen molar-refractivity contribution in [3.63, 3.8) is 0 Å². The van der Waals surface area contributed by atoms with Gasteiger partial charge < -0.3 is 16.0 Å². The minimum atomic E-state index is 0.622. The molecule has 0 aliphatic carbocycles. The summed E-state index contributed by atoms with van der Waals surface area (Å²) in [6.07, 6.45) is 1.20. The van der Waals surface area contributed by atoms with Gasteiger partial charge in [-0.05, 0) is 43.5 Å². The number of nitrogens with one attached hydrogen (secondary N) is 3. The zero-order chi connectivity index (χ0) is 21.6. The van der Waals surface area contributed by atoms with E-state index in [-0.39, 0.29) is 0 Å². The van der Waals surface area contributed by atoms with Crippen LogP contribution in [0.1, 0.15) is 17.5 Å². The van der Waals surface area contributed by atoms with Gasteiger partial charge in [0.1, 0.15) is 11.0 Å². The van der Waals surface area contributed by atoms with Gasteiger partial charge in [-0.3, -0.25) is 9.98 Å². The Kier molecular flexibility index (Phi) is 7.26. The van der Waals surface area contributed by atoms with Crippen LogP contribution in [0.4, 0.5) is 11.4 Å². The highest BCUT2D eigenvalue weighted by Gasteiger charge is 2.13. The summed E-state index contributed by atoms with van der Waals surface area (Å²) in [5, 5.41) is 11.4. The van der Waals surface area contributed by atoms with Gasteiger partial charge in [-0.25, -0.2) is 0 Å². The molecule has 2 aliphatic rings. The molecule has 0 fully saturated rings. The highest BCUT2D eigenvalue weighted by Crippen LogP contribution is 2.30. The molecular formula is C21H24ClN7S2. The Morgan fingerprint density at radius 2 is 1.81 bits per heavy atom. The lowest BCUT2D eigenvalue weighted by atomic mass is 10.1. The molecule has 2 aromatic carbocycles. The standard InChI is InChI=1S/C12H16N2S.C9H8ClN5S/c1-9-5-3-6-10(2)11(9)14-12-13-7-4-8-15-12;10-5-1-2-6-8(15-16-14-6)7(5)13-9-11-3-4-12-9/h3,5-6H,4,7-8H2,1-2H3,(H,13,14);1-2H,3-4H2,(H2,11,12,13). The highest BCUT2D eigenvalue weighted by atomic mass is 35.5. The predicted molar refractivity (Wildman–Crippen MR) is 135 cm³/mol. The quantitative estimate of drug-likeness (QED) is 0.489. The average Bonchev–Trinajstić information content (AvgIpc) is 3.46. The van der Waals surface area contributed by atoms with Gasteiger partial charge in [-0.15, -0.1) is 0 Å². The third-order valence-electron chi connectivity index (χ3n) is 4.80. The second-order valence-electron chi connectivity index (χ2n) is 7.12. The number of nitrogens with zero attached hydrogens (tertiary/aromatic N) is 4. The van der Waals surface area contributed by atoms with Crippen molar-refractivity contribution in [3.05, 3.63) is 46.5 Å². The Balaban J connectivity index is 0.000000150. The fourth-order valence-corrected chi connectivity index (χ4v) is 4.77. The molecular weight excluding hydrogens is 450 g/mol. The van der Waals surface area contributed by atoms with Crippen LogP contribution in [0.5, 0.6) is 0 Å². The summed E-state index contributed by atoms with van der Waals surface area (Å²) in [5.41, 5.74) is 6.17. The van der Waals surface area contributed by atoms with Crippen LogP contribution >= 0.6 is 35.1 Å². The number of amidine groups is 1. The van der Waals surface area contributed by atoms with E-state index in [0.717, 1.165) is 47.5 Å². The molecule has 3 heterocycles. The van der Waals surface area contributed by atoms with E-state index in [1.165, 1.54) is 40.7 Å². The molecule has 5 rings (SSSR count). The number of hydrogen-bond acceptors (Lipinski definition) is 9. The van der Waals surface area contributed by atoms with Crippen molar-refractivity contribution in [2.24, 2.45) is 9.98 Å². The molecule has 3 N–H and O–H groups in total. The maximum absolute atomic E-state index is 6.13. The third kappa shape index (κ3) is 5.47. The number of anilines is 2. The summed E-state index contributed by atoms with van der Waals surface area (Å²) in [7, 11) is 0. The Morgan fingerprint density at radius 1 is 0.968 bits per heavy atom. The van der Waals surface area contributed by atoms with Crippen molar-refractivity contribution in [1.82, 2.24) is 14.1 Å². The number of guanidine groups is 1. The third-order valence-corrected chi connectivity index (χ3v) is 6.66. The molecule has 10 heteroatoms. The molecule has 162 valence electrons. The maximum Gasteiger partial charge on any atom is 0.196 e. The number of thioether (sulfide) groups is 1. The number of halogens is 1. The number of hydrogen-bond donors (Lipinski definition) is 3. The fourth-order valence-electron chi connectivity index (χ4n) is 3.20. The summed E-state index contributed by atoms with van der Waals surface area (Å²) >= 11 is 9.12. The molecule has 0 bridgehead atoms. The number of rotatable bonds is 2. The van der Waals surface area contributed by atoms with E-state index in [4.69, 9.17) is 11.6 Å². The molecule has 7 nitrogen and oxygen atoms in total. The Hall–Kier alpha value is -2.36. The lowest BCUT2D eigenvalue weighted by Crippen LogP contribution is -2.26. The van der Waals surface area contributed by atoms with Gasteiger partial charge in [0, 0.05) is 24.5 Å². The molecule has 0 atom stereocenters. The zero-order valence-corrected chi connectivity index (χ0v) is 19.8. The topological polar surface area (TPSA) is 86.6 Å². The number of benzene rings is 2. The Morgan fingerprint density at radius 3 is 2.52 bits per heavy atom. The first-order valence-electron chi connectivity index (χ1n) is 10.1. The van der Waals surface area contributed by atoms with Gasteiger partial charge in [0.05, 0.1) is 29.0 Å². The molecule has 0 saturated heterocycles. The number of aliphatic imine (C=N–C) groups is 2. The lowest BCUT2D eigenvalue weighted by Gasteiger charge is -2.16. The number of aryl methyl sites for hydroxylation is 2. The van der Waals surface area contributed by atoms with Crippen molar-refractivity contribution in [2.75, 3.05) is 36.0 Å². The van der Waals surface area contributed by atoms with Gasteiger partial charge in [-0.2, -0.15) is 8.75 Å². The van der Waals surface area contributed by atoms with Crippen LogP contribution in [0.15, 0.2) is 40.3 Å². The molecule has 31 heavy (non-hydrogen) atoms. The summed E-state index contributed by atoms with van der Waals surface area (Å²) in [5.74, 6) is 1.92. The van der Waals surface area contributed by atoms with E-state index in [9.17, 15) is 0 Å². The molecule has 0 saturated carbocycles. The van der Waals surface area contributed by atoms with E-state index in [1.54, 1.807) is 0 Å². The van der Waals surface area contributed by atoms with E-state index in [2.05, 4.69) is 66.7 Å². The van der Waals surface area contributed by atoms with Crippen molar-refractivity contribution < 1.29 is 0 Å². The molecule has 3 aromatic rings. The molecule has 2 aliphatic heterocycles. The van der Waals surface area contributed by atoms with Crippen LogP contribution in [0.2, 0.25) is 5.02 Å². The number of fused-ring (bicyclic) bond motifs is 1. The summed E-state index contributed by atoms with van der Waals surface area (Å²) in [4.78, 5) is 8.73.